The predicted octanol–water partition coefficient (Wildman–Crippen LogP) is 3.43. The highest BCUT2D eigenvalue weighted by Gasteiger charge is 2.11. The van der Waals surface area contributed by atoms with Crippen molar-refractivity contribution >= 4 is 16.9 Å². The average molecular weight is 402 g/mol. The van der Waals surface area contributed by atoms with E-state index in [9.17, 15) is 4.79 Å². The maximum Gasteiger partial charge on any atom is 0.251 e. The van der Waals surface area contributed by atoms with Gasteiger partial charge in [-0.05, 0) is 53.6 Å². The molecule has 0 aliphatic rings. The second-order valence-electron chi connectivity index (χ2n) is 6.83. The molecule has 0 bridgehead atoms. The summed E-state index contributed by atoms with van der Waals surface area (Å²) in [5.74, 6) is 1.44. The molecule has 0 saturated carbocycles. The fourth-order valence-electron chi connectivity index (χ4n) is 3.16. The molecule has 1 aromatic heterocycles. The number of nitrogens with zero attached hydrogens (tertiary/aromatic N) is 3. The Morgan fingerprint density at radius 1 is 0.900 bits per heavy atom. The Bertz CT molecular complexity index is 1150. The highest BCUT2D eigenvalue weighted by atomic mass is 16.5. The van der Waals surface area contributed by atoms with Crippen molar-refractivity contribution in [2.24, 2.45) is 0 Å². The molecule has 3 aromatic carbocycles. The number of hydrogen-bond acceptors (Lipinski definition) is 5. The van der Waals surface area contributed by atoms with E-state index in [1.807, 2.05) is 59.3 Å². The number of carbonyl (C=O) groups is 1. The zero-order valence-corrected chi connectivity index (χ0v) is 16.8. The Morgan fingerprint density at radius 3 is 2.17 bits per heavy atom. The van der Waals surface area contributed by atoms with Crippen molar-refractivity contribution in [1.29, 1.82) is 0 Å². The fraction of sp³-hybridized carbons (Fsp3) is 0.174. The lowest BCUT2D eigenvalue weighted by Crippen LogP contribution is -2.22. The zero-order chi connectivity index (χ0) is 20.9. The van der Waals surface area contributed by atoms with Gasteiger partial charge in [-0.3, -0.25) is 4.79 Å². The smallest absolute Gasteiger partial charge is 0.251 e. The van der Waals surface area contributed by atoms with Crippen LogP contribution in [0.25, 0.3) is 11.0 Å². The van der Waals surface area contributed by atoms with Crippen molar-refractivity contribution in [3.63, 3.8) is 0 Å². The van der Waals surface area contributed by atoms with Gasteiger partial charge in [0.1, 0.15) is 17.0 Å². The van der Waals surface area contributed by atoms with Gasteiger partial charge in [-0.25, -0.2) is 4.68 Å². The van der Waals surface area contributed by atoms with Crippen molar-refractivity contribution in [1.82, 2.24) is 20.3 Å². The molecule has 152 valence electrons. The first-order valence-electron chi connectivity index (χ1n) is 9.53. The third-order valence-corrected chi connectivity index (χ3v) is 4.88. The van der Waals surface area contributed by atoms with Gasteiger partial charge in [-0.1, -0.05) is 29.5 Å². The summed E-state index contributed by atoms with van der Waals surface area (Å²) in [6.45, 7) is 1.02. The Hall–Kier alpha value is -3.87. The van der Waals surface area contributed by atoms with Crippen LogP contribution in [-0.2, 0) is 13.1 Å². The van der Waals surface area contributed by atoms with Gasteiger partial charge in [0, 0.05) is 12.1 Å². The fourth-order valence-corrected chi connectivity index (χ4v) is 3.16. The van der Waals surface area contributed by atoms with Crippen LogP contribution < -0.4 is 14.8 Å². The summed E-state index contributed by atoms with van der Waals surface area (Å²) in [6, 6.07) is 20.8. The molecular formula is C23H22N4O3. The van der Waals surface area contributed by atoms with E-state index in [1.165, 1.54) is 0 Å². The minimum absolute atomic E-state index is 0.155. The molecule has 1 heterocycles. The number of nitrogens with one attached hydrogen (secondary N) is 1. The molecule has 0 atom stereocenters. The highest BCUT2D eigenvalue weighted by Crippen LogP contribution is 2.17. The van der Waals surface area contributed by atoms with E-state index in [0.29, 0.717) is 24.2 Å². The number of carbonyl (C=O) groups excluding carboxylic acids is 1. The van der Waals surface area contributed by atoms with Crippen LogP contribution in [0.4, 0.5) is 0 Å². The summed E-state index contributed by atoms with van der Waals surface area (Å²) in [4.78, 5) is 12.5. The van der Waals surface area contributed by atoms with Crippen molar-refractivity contribution in [3.8, 4) is 11.5 Å². The third-order valence-electron chi connectivity index (χ3n) is 4.88. The lowest BCUT2D eigenvalue weighted by atomic mass is 10.1. The van der Waals surface area contributed by atoms with E-state index in [4.69, 9.17) is 9.47 Å². The van der Waals surface area contributed by atoms with E-state index in [-0.39, 0.29) is 5.91 Å². The lowest BCUT2D eigenvalue weighted by Gasteiger charge is -2.07. The summed E-state index contributed by atoms with van der Waals surface area (Å²) >= 11 is 0. The first kappa shape index (κ1) is 19.4. The molecule has 0 saturated heterocycles. The van der Waals surface area contributed by atoms with Gasteiger partial charge in [0.15, 0.2) is 0 Å². The van der Waals surface area contributed by atoms with Crippen LogP contribution in [0.1, 0.15) is 21.5 Å². The van der Waals surface area contributed by atoms with E-state index < -0.39 is 0 Å². The largest absolute Gasteiger partial charge is 0.497 e. The molecule has 30 heavy (non-hydrogen) atoms. The van der Waals surface area contributed by atoms with Gasteiger partial charge >= 0.3 is 0 Å². The molecule has 7 heteroatoms. The summed E-state index contributed by atoms with van der Waals surface area (Å²) < 4.78 is 12.2. The first-order valence-corrected chi connectivity index (χ1v) is 9.53. The molecule has 0 unspecified atom stereocenters. The summed E-state index contributed by atoms with van der Waals surface area (Å²) in [6.07, 6.45) is 0. The number of amides is 1. The van der Waals surface area contributed by atoms with Gasteiger partial charge in [0.2, 0.25) is 0 Å². The van der Waals surface area contributed by atoms with Crippen LogP contribution in [0.2, 0.25) is 0 Å². The SMILES string of the molecule is COc1ccc(CNC(=O)c2ccc3c(c2)nnn3Cc2ccc(OC)cc2)cc1. The Kier molecular flexibility index (Phi) is 5.61. The van der Waals surface area contributed by atoms with Crippen LogP contribution in [0.5, 0.6) is 11.5 Å². The zero-order valence-electron chi connectivity index (χ0n) is 16.8. The van der Waals surface area contributed by atoms with Gasteiger partial charge in [-0.2, -0.15) is 0 Å². The number of benzene rings is 3. The van der Waals surface area contributed by atoms with E-state index in [2.05, 4.69) is 15.6 Å². The van der Waals surface area contributed by atoms with Crippen molar-refractivity contribution in [2.45, 2.75) is 13.1 Å². The van der Waals surface area contributed by atoms with Gasteiger partial charge < -0.3 is 14.8 Å². The molecule has 1 N–H and O–H groups in total. The van der Waals surface area contributed by atoms with Gasteiger partial charge in [0.05, 0.1) is 26.3 Å². The number of hydrogen-bond donors (Lipinski definition) is 1. The molecule has 4 aromatic rings. The Labute approximate surface area is 174 Å². The first-order chi connectivity index (χ1) is 14.7. The molecule has 0 spiro atoms. The minimum Gasteiger partial charge on any atom is -0.497 e. The van der Waals surface area contributed by atoms with Crippen LogP contribution in [0.15, 0.2) is 66.7 Å². The summed E-state index contributed by atoms with van der Waals surface area (Å²) in [5, 5.41) is 11.4. The summed E-state index contributed by atoms with van der Waals surface area (Å²) in [7, 11) is 3.27. The maximum absolute atomic E-state index is 12.5. The highest BCUT2D eigenvalue weighted by molar-refractivity contribution is 5.97. The number of fused-ring (bicyclic) bond motifs is 1. The van der Waals surface area contributed by atoms with Crippen LogP contribution in [0.3, 0.4) is 0 Å². The molecule has 4 rings (SSSR count). The summed E-state index contributed by atoms with van der Waals surface area (Å²) in [5.41, 5.74) is 4.19. The molecule has 0 radical (unpaired) electrons. The average Bonchev–Trinajstić information content (AvgIpc) is 3.20. The topological polar surface area (TPSA) is 78.3 Å². The predicted molar refractivity (Wildman–Crippen MR) is 114 cm³/mol. The second-order valence-corrected chi connectivity index (χ2v) is 6.83. The minimum atomic E-state index is -0.155. The van der Waals surface area contributed by atoms with Gasteiger partial charge in [0.25, 0.3) is 5.91 Å². The second kappa shape index (κ2) is 8.65. The number of methoxy groups -OCH3 is 2. The van der Waals surface area contributed by atoms with Crippen LogP contribution >= 0.6 is 0 Å². The lowest BCUT2D eigenvalue weighted by molar-refractivity contribution is 0.0951. The molecule has 7 nitrogen and oxygen atoms in total. The number of ether oxygens (including phenoxy) is 2. The monoisotopic (exact) mass is 402 g/mol. The van der Waals surface area contributed by atoms with Crippen molar-refractivity contribution in [2.75, 3.05) is 14.2 Å². The van der Waals surface area contributed by atoms with Gasteiger partial charge in [-0.15, -0.1) is 5.10 Å². The Balaban J connectivity index is 1.44. The maximum atomic E-state index is 12.5. The van der Waals surface area contributed by atoms with Crippen molar-refractivity contribution in [3.05, 3.63) is 83.4 Å². The molecule has 0 aliphatic carbocycles. The van der Waals surface area contributed by atoms with Crippen LogP contribution in [-0.4, -0.2) is 35.1 Å². The van der Waals surface area contributed by atoms with Crippen molar-refractivity contribution < 1.29 is 14.3 Å². The molecular weight excluding hydrogens is 380 g/mol. The van der Waals surface area contributed by atoms with Crippen LogP contribution in [0, 0.1) is 0 Å². The third kappa shape index (κ3) is 4.25. The Morgan fingerprint density at radius 2 is 1.53 bits per heavy atom. The number of aromatic nitrogens is 3. The van der Waals surface area contributed by atoms with E-state index in [1.54, 1.807) is 26.4 Å². The van der Waals surface area contributed by atoms with E-state index in [0.717, 1.165) is 28.1 Å². The quantitative estimate of drug-likeness (QED) is 0.512. The number of rotatable bonds is 7. The normalized spacial score (nSPS) is 10.7. The molecule has 1 amide bonds. The van der Waals surface area contributed by atoms with E-state index >= 15 is 0 Å². The molecule has 0 aliphatic heterocycles. The molecule has 0 fully saturated rings. The standard InChI is InChI=1S/C23H22N4O3/c1-29-19-8-3-16(4-9-19)14-24-23(28)18-7-12-22-21(13-18)25-26-27(22)15-17-5-10-20(30-2)11-6-17/h3-13H,14-15H2,1-2H3,(H,24,28).